The van der Waals surface area contributed by atoms with Gasteiger partial charge in [-0.3, -0.25) is 13.8 Å². The molecule has 2 N–H and O–H groups in total. The number of ether oxygens (including phenoxy) is 2. The minimum absolute atomic E-state index is 0.161. The van der Waals surface area contributed by atoms with Gasteiger partial charge in [-0.25, -0.2) is 4.79 Å². The molecule has 0 aliphatic rings. The van der Waals surface area contributed by atoms with E-state index in [0.717, 1.165) is 0 Å². The van der Waals surface area contributed by atoms with Crippen LogP contribution in [-0.4, -0.2) is 63.2 Å². The summed E-state index contributed by atoms with van der Waals surface area (Å²) in [4.78, 5) is 33.8. The van der Waals surface area contributed by atoms with E-state index in [9.17, 15) is 27.9 Å². The number of aliphatic hydroxyl groups excluding tert-OH is 1. The normalized spacial score (nSPS) is 13.1. The first-order valence-corrected chi connectivity index (χ1v) is 9.99. The maximum absolute atomic E-state index is 11.8. The third kappa shape index (κ3) is 10.9. The van der Waals surface area contributed by atoms with E-state index < -0.39 is 52.9 Å². The fourth-order valence-electron chi connectivity index (χ4n) is 1.60. The van der Waals surface area contributed by atoms with Crippen LogP contribution in [0.3, 0.4) is 0 Å². The van der Waals surface area contributed by atoms with Crippen LogP contribution in [0.4, 0.5) is 0 Å². The van der Waals surface area contributed by atoms with Crippen LogP contribution in [0.1, 0.15) is 41.0 Å². The molecule has 0 fully saturated rings. The van der Waals surface area contributed by atoms with Gasteiger partial charge in [0.15, 0.2) is 6.10 Å². The van der Waals surface area contributed by atoms with Crippen LogP contribution in [0.25, 0.3) is 0 Å². The van der Waals surface area contributed by atoms with Crippen molar-refractivity contribution in [2.45, 2.75) is 47.1 Å². The van der Waals surface area contributed by atoms with Crippen LogP contribution < -0.4 is 5.32 Å². The van der Waals surface area contributed by atoms with Gasteiger partial charge < -0.3 is 19.9 Å². The van der Waals surface area contributed by atoms with Crippen molar-refractivity contribution in [1.29, 1.82) is 0 Å². The molecule has 0 saturated carbocycles. The Bertz CT molecular complexity index is 613. The number of rotatable bonds is 12. The van der Waals surface area contributed by atoms with Crippen LogP contribution in [0.2, 0.25) is 0 Å². The highest BCUT2D eigenvalue weighted by atomic mass is 32.2. The van der Waals surface area contributed by atoms with Crippen molar-refractivity contribution >= 4 is 28.0 Å². The molecule has 0 bridgehead atoms. The number of hydrogen-bond donors (Lipinski definition) is 2. The molecule has 158 valence electrons. The van der Waals surface area contributed by atoms with Gasteiger partial charge in [0.05, 0.1) is 18.3 Å². The number of carbonyl (C=O) groups excluding carboxylic acids is 3. The Morgan fingerprint density at radius 2 is 1.67 bits per heavy atom. The van der Waals surface area contributed by atoms with Crippen molar-refractivity contribution in [3.8, 4) is 0 Å². The summed E-state index contributed by atoms with van der Waals surface area (Å²) < 4.78 is 37.9. The summed E-state index contributed by atoms with van der Waals surface area (Å²) in [5.41, 5.74) is -1.27. The highest BCUT2D eigenvalue weighted by molar-refractivity contribution is 7.86. The van der Waals surface area contributed by atoms with Gasteiger partial charge in [-0.2, -0.15) is 8.42 Å². The van der Waals surface area contributed by atoms with Gasteiger partial charge in [0.1, 0.15) is 0 Å². The lowest BCUT2D eigenvalue weighted by Crippen LogP contribution is -2.42. The lowest BCUT2D eigenvalue weighted by atomic mass is 9.88. The molecule has 0 aromatic carbocycles. The lowest BCUT2D eigenvalue weighted by Gasteiger charge is -2.28. The predicted molar refractivity (Wildman–Crippen MR) is 94.7 cm³/mol. The molecule has 0 heterocycles. The quantitative estimate of drug-likeness (QED) is 0.195. The van der Waals surface area contributed by atoms with Crippen molar-refractivity contribution in [1.82, 2.24) is 5.32 Å². The average molecular weight is 411 g/mol. The first-order chi connectivity index (χ1) is 12.3. The third-order valence-corrected chi connectivity index (χ3v) is 4.66. The molecule has 0 rings (SSSR count). The minimum atomic E-state index is -3.89. The van der Waals surface area contributed by atoms with E-state index in [1.54, 1.807) is 13.8 Å². The molecule has 0 aliphatic carbocycles. The van der Waals surface area contributed by atoms with Gasteiger partial charge >= 0.3 is 11.9 Å². The first kappa shape index (κ1) is 25.3. The zero-order valence-electron chi connectivity index (χ0n) is 16.3. The number of nitrogens with one attached hydrogen (secondary N) is 1. The van der Waals surface area contributed by atoms with Crippen LogP contribution >= 0.6 is 0 Å². The van der Waals surface area contributed by atoms with E-state index in [0.29, 0.717) is 0 Å². The molecule has 11 heteroatoms. The molecule has 27 heavy (non-hydrogen) atoms. The molecule has 0 aliphatic heterocycles. The fourth-order valence-corrected chi connectivity index (χ4v) is 2.70. The maximum Gasteiger partial charge on any atom is 0.338 e. The zero-order valence-corrected chi connectivity index (χ0v) is 17.1. The molecule has 1 amide bonds. The Morgan fingerprint density at radius 3 is 2.19 bits per heavy atom. The summed E-state index contributed by atoms with van der Waals surface area (Å²) in [6.07, 6.45) is -1.53. The minimum Gasteiger partial charge on any atom is -0.428 e. The smallest absolute Gasteiger partial charge is 0.338 e. The van der Waals surface area contributed by atoms with Gasteiger partial charge in [-0.05, 0) is 6.42 Å². The summed E-state index contributed by atoms with van der Waals surface area (Å²) in [5.74, 6) is -2.62. The van der Waals surface area contributed by atoms with Crippen LogP contribution in [-0.2, 0) is 38.2 Å². The largest absolute Gasteiger partial charge is 0.428 e. The molecule has 0 unspecified atom stereocenters. The predicted octanol–water partition coefficient (Wildman–Crippen LogP) is -0.0540. The van der Waals surface area contributed by atoms with Crippen molar-refractivity contribution in [2.75, 3.05) is 25.7 Å². The molecule has 0 aromatic rings. The Morgan fingerprint density at radius 1 is 1.11 bits per heavy atom. The van der Waals surface area contributed by atoms with E-state index in [1.165, 1.54) is 20.8 Å². The first-order valence-electron chi connectivity index (χ1n) is 8.41. The Balaban J connectivity index is 4.43. The average Bonchev–Trinajstić information content (AvgIpc) is 2.56. The van der Waals surface area contributed by atoms with E-state index in [4.69, 9.17) is 4.18 Å². The van der Waals surface area contributed by atoms with Gasteiger partial charge in [-0.15, -0.1) is 0 Å². The number of hydrogen-bond acceptors (Lipinski definition) is 9. The summed E-state index contributed by atoms with van der Waals surface area (Å²) >= 11 is 0. The number of carbonyl (C=O) groups is 3. The molecule has 0 radical (unpaired) electrons. The van der Waals surface area contributed by atoms with Crippen LogP contribution in [0, 0.1) is 11.3 Å². The Kier molecular flexibility index (Phi) is 10.5. The van der Waals surface area contributed by atoms with E-state index in [1.807, 2.05) is 0 Å². The second kappa shape index (κ2) is 11.2. The molecule has 10 nitrogen and oxygen atoms in total. The molecular formula is C16H29NO9S. The van der Waals surface area contributed by atoms with E-state index in [-0.39, 0.29) is 24.6 Å². The summed E-state index contributed by atoms with van der Waals surface area (Å²) in [7, 11) is -3.89. The molecular weight excluding hydrogens is 382 g/mol. The van der Waals surface area contributed by atoms with Crippen LogP contribution in [0.5, 0.6) is 0 Å². The van der Waals surface area contributed by atoms with Gasteiger partial charge in [-0.1, -0.05) is 27.7 Å². The number of aliphatic hydroxyl groups is 1. The number of amides is 1. The second-order valence-electron chi connectivity index (χ2n) is 6.95. The van der Waals surface area contributed by atoms with Gasteiger partial charge in [0, 0.05) is 18.9 Å². The molecule has 1 atom stereocenters. The highest BCUT2D eigenvalue weighted by Gasteiger charge is 2.36. The highest BCUT2D eigenvalue weighted by Crippen LogP contribution is 2.23. The molecule has 0 saturated heterocycles. The monoisotopic (exact) mass is 411 g/mol. The van der Waals surface area contributed by atoms with Gasteiger partial charge in [0.2, 0.25) is 12.7 Å². The third-order valence-electron chi connectivity index (χ3n) is 3.39. The Labute approximate surface area is 159 Å². The summed E-state index contributed by atoms with van der Waals surface area (Å²) in [5, 5.41) is 12.5. The topological polar surface area (TPSA) is 145 Å². The molecule has 0 spiro atoms. The zero-order chi connectivity index (χ0) is 21.3. The molecule has 0 aromatic heterocycles. The fraction of sp³-hybridized carbons (Fsp3) is 0.812. The summed E-state index contributed by atoms with van der Waals surface area (Å²) in [6, 6.07) is 0. The number of esters is 2. The summed E-state index contributed by atoms with van der Waals surface area (Å²) in [6.45, 7) is 6.45. The SMILES string of the molecule is CC(=O)NCCCS(=O)(=O)OCC(C)(C)[C@@H](O)C(=O)OCOC(=O)C(C)C. The lowest BCUT2D eigenvalue weighted by molar-refractivity contribution is -0.180. The van der Waals surface area contributed by atoms with E-state index in [2.05, 4.69) is 14.8 Å². The van der Waals surface area contributed by atoms with Crippen molar-refractivity contribution in [2.24, 2.45) is 11.3 Å². The van der Waals surface area contributed by atoms with Crippen molar-refractivity contribution in [3.63, 3.8) is 0 Å². The van der Waals surface area contributed by atoms with Crippen molar-refractivity contribution in [3.05, 3.63) is 0 Å². The van der Waals surface area contributed by atoms with E-state index >= 15 is 0 Å². The van der Waals surface area contributed by atoms with Gasteiger partial charge in [0.25, 0.3) is 10.1 Å². The standard InChI is InChI=1S/C16H29NO9S/c1-11(2)14(20)24-10-25-15(21)13(19)16(4,5)9-26-27(22,23)8-6-7-17-12(3)18/h11,13,19H,6-10H2,1-5H3,(H,17,18)/t13-/m0/s1. The second-order valence-corrected chi connectivity index (χ2v) is 8.71. The Hall–Kier alpha value is -1.72. The van der Waals surface area contributed by atoms with Crippen molar-refractivity contribution < 1.29 is 41.6 Å². The maximum atomic E-state index is 11.8. The van der Waals surface area contributed by atoms with Crippen LogP contribution in [0.15, 0.2) is 0 Å².